The minimum atomic E-state index is -0.953. The summed E-state index contributed by atoms with van der Waals surface area (Å²) in [6.45, 7) is 6.66. The fraction of sp³-hybridized carbons (Fsp3) is 0.577. The molecule has 3 fully saturated rings. The number of carboxylic acid groups (broad SMARTS) is 1. The summed E-state index contributed by atoms with van der Waals surface area (Å²) in [6, 6.07) is 6.25. The first-order chi connectivity index (χ1) is 16.8. The molecular formula is C26H33ClN2O5S. The Kier molecular flexibility index (Phi) is 7.83. The molecule has 0 aromatic heterocycles. The topological polar surface area (TPSA) is 98.2 Å². The van der Waals surface area contributed by atoms with E-state index in [0.29, 0.717) is 36.5 Å². The van der Waals surface area contributed by atoms with E-state index in [9.17, 15) is 19.5 Å². The van der Waals surface area contributed by atoms with Gasteiger partial charge in [-0.3, -0.25) is 14.4 Å². The Morgan fingerprint density at radius 1 is 1.26 bits per heavy atom. The van der Waals surface area contributed by atoms with Crippen LogP contribution in [-0.2, 0) is 14.4 Å². The Balaban J connectivity index is 1.72. The lowest BCUT2D eigenvalue weighted by Gasteiger charge is -2.40. The summed E-state index contributed by atoms with van der Waals surface area (Å²) < 4.78 is -0.765. The van der Waals surface area contributed by atoms with Crippen molar-refractivity contribution in [3.8, 4) is 0 Å². The molecule has 2 amide bonds. The van der Waals surface area contributed by atoms with E-state index in [2.05, 4.69) is 13.5 Å². The Morgan fingerprint density at radius 3 is 2.57 bits per heavy atom. The van der Waals surface area contributed by atoms with Gasteiger partial charge in [0.05, 0.1) is 16.6 Å². The SMILES string of the molecule is C=CCN(C(=O)C1N(CCCCCCO)C(=O)[C@@H]2[C@H](C(=O)O)[C@@H]3CC(C)C12S3)c1ccc(Cl)cc1. The van der Waals surface area contributed by atoms with Gasteiger partial charge in [0.2, 0.25) is 5.91 Å². The lowest BCUT2D eigenvalue weighted by molar-refractivity contribution is -0.149. The second kappa shape index (κ2) is 10.5. The van der Waals surface area contributed by atoms with Gasteiger partial charge >= 0.3 is 5.97 Å². The molecule has 1 spiro atoms. The number of aliphatic hydroxyl groups excluding tert-OH is 1. The van der Waals surface area contributed by atoms with Crippen LogP contribution in [0.1, 0.15) is 39.0 Å². The van der Waals surface area contributed by atoms with E-state index >= 15 is 0 Å². The van der Waals surface area contributed by atoms with Crippen LogP contribution >= 0.6 is 23.4 Å². The highest BCUT2D eigenvalue weighted by Crippen LogP contribution is 2.68. The van der Waals surface area contributed by atoms with Gasteiger partial charge in [-0.25, -0.2) is 0 Å². The fourth-order valence-corrected chi connectivity index (χ4v) is 8.82. The number of carbonyl (C=O) groups excluding carboxylic acids is 2. The molecule has 35 heavy (non-hydrogen) atoms. The molecule has 6 atom stereocenters. The molecule has 9 heteroatoms. The van der Waals surface area contributed by atoms with Crippen molar-refractivity contribution in [3.63, 3.8) is 0 Å². The predicted molar refractivity (Wildman–Crippen MR) is 138 cm³/mol. The summed E-state index contributed by atoms with van der Waals surface area (Å²) in [5.41, 5.74) is 0.662. The van der Waals surface area contributed by atoms with E-state index in [-0.39, 0.29) is 36.1 Å². The molecule has 0 aliphatic carbocycles. The summed E-state index contributed by atoms with van der Waals surface area (Å²) >= 11 is 7.62. The van der Waals surface area contributed by atoms with Crippen molar-refractivity contribution in [2.24, 2.45) is 17.8 Å². The number of carbonyl (C=O) groups is 3. The van der Waals surface area contributed by atoms with Crippen LogP contribution in [0.25, 0.3) is 0 Å². The zero-order valence-corrected chi connectivity index (χ0v) is 21.5. The lowest BCUT2D eigenvalue weighted by Crippen LogP contribution is -2.57. The smallest absolute Gasteiger partial charge is 0.308 e. The van der Waals surface area contributed by atoms with Crippen LogP contribution < -0.4 is 4.90 Å². The van der Waals surface area contributed by atoms with Crippen LogP contribution in [0.5, 0.6) is 0 Å². The zero-order valence-electron chi connectivity index (χ0n) is 19.9. The van der Waals surface area contributed by atoms with Gasteiger partial charge in [-0.2, -0.15) is 0 Å². The Hall–Kier alpha value is -2.03. The number of fused-ring (bicyclic) bond motifs is 1. The number of nitrogens with zero attached hydrogens (tertiary/aromatic N) is 2. The molecule has 190 valence electrons. The van der Waals surface area contributed by atoms with E-state index in [1.54, 1.807) is 51.9 Å². The van der Waals surface area contributed by atoms with E-state index in [1.165, 1.54) is 0 Å². The molecular weight excluding hydrogens is 488 g/mol. The molecule has 3 saturated heterocycles. The molecule has 0 radical (unpaired) electrons. The number of hydrogen-bond acceptors (Lipinski definition) is 5. The normalized spacial score (nSPS) is 31.0. The monoisotopic (exact) mass is 520 g/mol. The third kappa shape index (κ3) is 4.38. The minimum absolute atomic E-state index is 0.0335. The van der Waals surface area contributed by atoms with Crippen LogP contribution in [0, 0.1) is 17.8 Å². The second-order valence-electron chi connectivity index (χ2n) is 9.77. The van der Waals surface area contributed by atoms with E-state index in [0.717, 1.165) is 12.8 Å². The van der Waals surface area contributed by atoms with Gasteiger partial charge in [0, 0.05) is 35.7 Å². The fourth-order valence-electron chi connectivity index (χ4n) is 6.29. The summed E-state index contributed by atoms with van der Waals surface area (Å²) in [7, 11) is 0. The second-order valence-corrected chi connectivity index (χ2v) is 11.8. The number of halogens is 1. The highest BCUT2D eigenvalue weighted by molar-refractivity contribution is 8.02. The van der Waals surface area contributed by atoms with Gasteiger partial charge in [-0.05, 0) is 49.4 Å². The van der Waals surface area contributed by atoms with Crippen molar-refractivity contribution in [1.82, 2.24) is 4.90 Å². The number of thioether (sulfide) groups is 1. The average Bonchev–Trinajstić information content (AvgIpc) is 3.41. The molecule has 1 aromatic carbocycles. The summed E-state index contributed by atoms with van der Waals surface area (Å²) in [6.07, 6.45) is 5.39. The zero-order chi connectivity index (χ0) is 25.3. The number of aliphatic hydroxyl groups is 1. The maximum Gasteiger partial charge on any atom is 0.308 e. The number of amides is 2. The molecule has 7 nitrogen and oxygen atoms in total. The van der Waals surface area contributed by atoms with Gasteiger partial charge in [0.25, 0.3) is 5.91 Å². The van der Waals surface area contributed by atoms with E-state index < -0.39 is 28.6 Å². The molecule has 3 heterocycles. The van der Waals surface area contributed by atoms with Crippen molar-refractivity contribution >= 4 is 46.8 Å². The number of likely N-dealkylation sites (tertiary alicyclic amines) is 1. The molecule has 0 saturated carbocycles. The first-order valence-electron chi connectivity index (χ1n) is 12.3. The van der Waals surface area contributed by atoms with Crippen molar-refractivity contribution < 1.29 is 24.6 Å². The van der Waals surface area contributed by atoms with Gasteiger partial charge in [-0.15, -0.1) is 18.3 Å². The molecule has 1 aromatic rings. The maximum atomic E-state index is 14.3. The summed E-state index contributed by atoms with van der Waals surface area (Å²) in [5.74, 6) is -2.82. The van der Waals surface area contributed by atoms with Gasteiger partial charge < -0.3 is 20.0 Å². The predicted octanol–water partition coefficient (Wildman–Crippen LogP) is 3.83. The Bertz CT molecular complexity index is 988. The first-order valence-corrected chi connectivity index (χ1v) is 13.5. The van der Waals surface area contributed by atoms with Crippen LogP contribution in [0.15, 0.2) is 36.9 Å². The minimum Gasteiger partial charge on any atom is -0.481 e. The molecule has 4 rings (SSSR count). The molecule has 3 aliphatic rings. The van der Waals surface area contributed by atoms with Crippen LogP contribution in [-0.4, -0.2) is 68.6 Å². The van der Waals surface area contributed by atoms with Crippen molar-refractivity contribution in [2.45, 2.75) is 55.1 Å². The van der Waals surface area contributed by atoms with Crippen LogP contribution in [0.3, 0.4) is 0 Å². The average molecular weight is 521 g/mol. The lowest BCUT2D eigenvalue weighted by atomic mass is 9.66. The molecule has 2 N–H and O–H groups in total. The van der Waals surface area contributed by atoms with Crippen LogP contribution in [0.4, 0.5) is 5.69 Å². The van der Waals surface area contributed by atoms with Gasteiger partial charge in [-0.1, -0.05) is 37.4 Å². The number of unbranched alkanes of at least 4 members (excludes halogenated alkanes) is 3. The standard InChI is InChI=1S/C26H33ClN2O5S/c1-3-12-28(18-10-8-17(27)9-11-18)24(32)22-26-16(2)15-19(35-26)20(25(33)34)21(26)23(31)29(22)13-6-4-5-7-14-30/h3,8-11,16,19-22,30H,1,4-7,12-15H2,2H3,(H,33,34)/t16?,19-,20+,21-,22?,26?/m0/s1. The van der Waals surface area contributed by atoms with Gasteiger partial charge in [0.1, 0.15) is 6.04 Å². The maximum absolute atomic E-state index is 14.3. The Labute approximate surface area is 215 Å². The first kappa shape index (κ1) is 26.0. The number of anilines is 1. The van der Waals surface area contributed by atoms with Crippen molar-refractivity contribution in [3.05, 3.63) is 41.9 Å². The molecule has 3 unspecified atom stereocenters. The number of hydrogen-bond donors (Lipinski definition) is 2. The molecule has 3 aliphatic heterocycles. The number of carboxylic acids is 1. The highest BCUT2D eigenvalue weighted by atomic mass is 35.5. The third-order valence-corrected chi connectivity index (χ3v) is 10.1. The number of rotatable bonds is 11. The molecule has 2 bridgehead atoms. The highest BCUT2D eigenvalue weighted by Gasteiger charge is 2.76. The summed E-state index contributed by atoms with van der Waals surface area (Å²) in [4.78, 5) is 43.7. The van der Waals surface area contributed by atoms with Crippen molar-refractivity contribution in [1.29, 1.82) is 0 Å². The Morgan fingerprint density at radius 2 is 1.94 bits per heavy atom. The third-order valence-electron chi connectivity index (χ3n) is 7.79. The number of aliphatic carboxylic acids is 1. The quantitative estimate of drug-likeness (QED) is 0.340. The van der Waals surface area contributed by atoms with Crippen LogP contribution in [0.2, 0.25) is 5.02 Å². The summed E-state index contributed by atoms with van der Waals surface area (Å²) in [5, 5.41) is 19.5. The van der Waals surface area contributed by atoms with E-state index in [4.69, 9.17) is 16.7 Å². The van der Waals surface area contributed by atoms with Crippen molar-refractivity contribution in [2.75, 3.05) is 24.6 Å². The van der Waals surface area contributed by atoms with Gasteiger partial charge in [0.15, 0.2) is 0 Å². The van der Waals surface area contributed by atoms with E-state index in [1.807, 2.05) is 0 Å². The largest absolute Gasteiger partial charge is 0.481 e. The number of benzene rings is 1.